The summed E-state index contributed by atoms with van der Waals surface area (Å²) in [4.78, 5) is 0. The van der Waals surface area contributed by atoms with Crippen molar-refractivity contribution in [3.63, 3.8) is 0 Å². The second-order valence-corrected chi connectivity index (χ2v) is 4.27. The van der Waals surface area contributed by atoms with Crippen LogP contribution < -0.4 is 11.1 Å². The lowest BCUT2D eigenvalue weighted by Gasteiger charge is -2.30. The fourth-order valence-electron chi connectivity index (χ4n) is 2.35. The lowest BCUT2D eigenvalue weighted by atomic mass is 9.84. The third-order valence-corrected chi connectivity index (χ3v) is 3.23. The third-order valence-electron chi connectivity index (χ3n) is 3.23. The summed E-state index contributed by atoms with van der Waals surface area (Å²) < 4.78 is 0. The molecule has 0 heterocycles. The highest BCUT2D eigenvalue weighted by atomic mass is 14.9. The van der Waals surface area contributed by atoms with Crippen molar-refractivity contribution >= 4 is 0 Å². The first-order valence-corrected chi connectivity index (χ1v) is 5.93. The summed E-state index contributed by atoms with van der Waals surface area (Å²) in [6.45, 7) is 5.53. The Bertz CT molecular complexity index is 150. The zero-order valence-corrected chi connectivity index (χ0v) is 9.17. The summed E-state index contributed by atoms with van der Waals surface area (Å²) in [5.41, 5.74) is 5.80. The molecule has 82 valence electrons. The average Bonchev–Trinajstić information content (AvgIpc) is 2.26. The van der Waals surface area contributed by atoms with E-state index in [1.165, 1.54) is 32.1 Å². The molecule has 1 atom stereocenters. The van der Waals surface area contributed by atoms with Crippen LogP contribution in [-0.4, -0.2) is 19.1 Å². The molecule has 0 aliphatic heterocycles. The van der Waals surface area contributed by atoms with Crippen LogP contribution >= 0.6 is 0 Å². The quantitative estimate of drug-likeness (QED) is 0.504. The smallest absolute Gasteiger partial charge is 0.0218 e. The first kappa shape index (κ1) is 11.7. The minimum atomic E-state index is 0.537. The summed E-state index contributed by atoms with van der Waals surface area (Å²) in [6, 6.07) is 0.537. The van der Waals surface area contributed by atoms with Crippen molar-refractivity contribution in [3.05, 3.63) is 12.7 Å². The Balaban J connectivity index is 2.24. The van der Waals surface area contributed by atoms with Gasteiger partial charge < -0.3 is 11.1 Å². The molecule has 1 rings (SSSR count). The summed E-state index contributed by atoms with van der Waals surface area (Å²) in [6.07, 6.45) is 9.94. The normalized spacial score (nSPS) is 20.6. The monoisotopic (exact) mass is 196 g/mol. The Morgan fingerprint density at radius 3 is 2.64 bits per heavy atom. The van der Waals surface area contributed by atoms with Gasteiger partial charge in [-0.15, -0.1) is 6.58 Å². The highest BCUT2D eigenvalue weighted by Crippen LogP contribution is 2.26. The van der Waals surface area contributed by atoms with Gasteiger partial charge in [0.1, 0.15) is 0 Å². The minimum Gasteiger partial charge on any atom is -0.329 e. The Hall–Kier alpha value is -0.340. The SMILES string of the molecule is C=CCCNC(CN)C1CCCCC1. The second-order valence-electron chi connectivity index (χ2n) is 4.27. The molecule has 1 fully saturated rings. The van der Waals surface area contributed by atoms with E-state index in [4.69, 9.17) is 5.73 Å². The van der Waals surface area contributed by atoms with E-state index in [-0.39, 0.29) is 0 Å². The van der Waals surface area contributed by atoms with Gasteiger partial charge in [0.25, 0.3) is 0 Å². The molecule has 0 aromatic rings. The van der Waals surface area contributed by atoms with Crippen molar-refractivity contribution < 1.29 is 0 Å². The summed E-state index contributed by atoms with van der Waals surface area (Å²) in [5.74, 6) is 0.818. The molecule has 1 aliphatic rings. The average molecular weight is 196 g/mol. The van der Waals surface area contributed by atoms with Gasteiger partial charge in [0.15, 0.2) is 0 Å². The van der Waals surface area contributed by atoms with Crippen LogP contribution in [0.4, 0.5) is 0 Å². The molecule has 0 spiro atoms. The minimum absolute atomic E-state index is 0.537. The second kappa shape index (κ2) is 7.02. The van der Waals surface area contributed by atoms with E-state index < -0.39 is 0 Å². The molecule has 0 aromatic carbocycles. The summed E-state index contributed by atoms with van der Waals surface area (Å²) in [7, 11) is 0. The molecule has 0 bridgehead atoms. The van der Waals surface area contributed by atoms with Crippen LogP contribution in [-0.2, 0) is 0 Å². The van der Waals surface area contributed by atoms with Gasteiger partial charge >= 0.3 is 0 Å². The van der Waals surface area contributed by atoms with Gasteiger partial charge in [-0.3, -0.25) is 0 Å². The molecule has 0 radical (unpaired) electrons. The van der Waals surface area contributed by atoms with Gasteiger partial charge in [-0.25, -0.2) is 0 Å². The predicted octanol–water partition coefficient (Wildman–Crippen LogP) is 2.06. The van der Waals surface area contributed by atoms with Crippen LogP contribution in [0.15, 0.2) is 12.7 Å². The highest BCUT2D eigenvalue weighted by molar-refractivity contribution is 4.81. The molecule has 3 N–H and O–H groups in total. The largest absolute Gasteiger partial charge is 0.329 e. The van der Waals surface area contributed by atoms with E-state index in [1.807, 2.05) is 6.08 Å². The van der Waals surface area contributed by atoms with Gasteiger partial charge in [-0.05, 0) is 31.7 Å². The molecule has 0 amide bonds. The Morgan fingerprint density at radius 1 is 1.36 bits per heavy atom. The van der Waals surface area contributed by atoms with Crippen molar-refractivity contribution in [1.29, 1.82) is 0 Å². The molecule has 1 unspecified atom stereocenters. The Morgan fingerprint density at radius 2 is 2.07 bits per heavy atom. The maximum Gasteiger partial charge on any atom is 0.0218 e. The Labute approximate surface area is 87.9 Å². The van der Waals surface area contributed by atoms with Gasteiger partial charge in [0, 0.05) is 12.6 Å². The fourth-order valence-corrected chi connectivity index (χ4v) is 2.35. The Kier molecular flexibility index (Phi) is 5.88. The molecule has 0 aromatic heterocycles. The van der Waals surface area contributed by atoms with E-state index in [1.54, 1.807) is 0 Å². The van der Waals surface area contributed by atoms with Crippen molar-refractivity contribution in [1.82, 2.24) is 5.32 Å². The van der Waals surface area contributed by atoms with Crippen molar-refractivity contribution in [2.75, 3.05) is 13.1 Å². The highest BCUT2D eigenvalue weighted by Gasteiger charge is 2.21. The summed E-state index contributed by atoms with van der Waals surface area (Å²) in [5, 5.41) is 3.54. The molecular weight excluding hydrogens is 172 g/mol. The molecule has 1 saturated carbocycles. The summed E-state index contributed by atoms with van der Waals surface area (Å²) >= 11 is 0. The number of nitrogens with two attached hydrogens (primary N) is 1. The fraction of sp³-hybridized carbons (Fsp3) is 0.833. The number of nitrogens with one attached hydrogen (secondary N) is 1. The zero-order chi connectivity index (χ0) is 10.2. The maximum absolute atomic E-state index is 5.80. The maximum atomic E-state index is 5.80. The lowest BCUT2D eigenvalue weighted by molar-refractivity contribution is 0.273. The number of hydrogen-bond acceptors (Lipinski definition) is 2. The van der Waals surface area contributed by atoms with E-state index in [9.17, 15) is 0 Å². The topological polar surface area (TPSA) is 38.0 Å². The third kappa shape index (κ3) is 3.81. The standard InChI is InChI=1S/C12H24N2/c1-2-3-9-14-12(10-13)11-7-5-4-6-8-11/h2,11-12,14H,1,3-10,13H2. The van der Waals surface area contributed by atoms with Crippen molar-refractivity contribution in [2.45, 2.75) is 44.6 Å². The lowest BCUT2D eigenvalue weighted by Crippen LogP contribution is -2.43. The van der Waals surface area contributed by atoms with Crippen molar-refractivity contribution in [3.8, 4) is 0 Å². The van der Waals surface area contributed by atoms with Gasteiger partial charge in [0.2, 0.25) is 0 Å². The first-order valence-electron chi connectivity index (χ1n) is 5.93. The molecule has 0 saturated heterocycles. The molecule has 14 heavy (non-hydrogen) atoms. The number of rotatable bonds is 6. The van der Waals surface area contributed by atoms with Crippen LogP contribution in [0.25, 0.3) is 0 Å². The van der Waals surface area contributed by atoms with E-state index in [0.717, 1.165) is 25.4 Å². The van der Waals surface area contributed by atoms with Crippen molar-refractivity contribution in [2.24, 2.45) is 11.7 Å². The van der Waals surface area contributed by atoms with Gasteiger partial charge in [-0.2, -0.15) is 0 Å². The van der Waals surface area contributed by atoms with E-state index in [0.29, 0.717) is 6.04 Å². The first-order chi connectivity index (χ1) is 6.88. The molecular formula is C12H24N2. The van der Waals surface area contributed by atoms with E-state index >= 15 is 0 Å². The van der Waals surface area contributed by atoms with Gasteiger partial charge in [-0.1, -0.05) is 25.3 Å². The molecule has 1 aliphatic carbocycles. The predicted molar refractivity (Wildman–Crippen MR) is 62.2 cm³/mol. The van der Waals surface area contributed by atoms with Crippen LogP contribution in [0.3, 0.4) is 0 Å². The molecule has 2 nitrogen and oxygen atoms in total. The van der Waals surface area contributed by atoms with Gasteiger partial charge in [0.05, 0.1) is 0 Å². The van der Waals surface area contributed by atoms with Crippen LogP contribution in [0.1, 0.15) is 38.5 Å². The van der Waals surface area contributed by atoms with Crippen LogP contribution in [0.2, 0.25) is 0 Å². The van der Waals surface area contributed by atoms with E-state index in [2.05, 4.69) is 11.9 Å². The number of hydrogen-bond donors (Lipinski definition) is 2. The zero-order valence-electron chi connectivity index (χ0n) is 9.17. The van der Waals surface area contributed by atoms with Crippen LogP contribution in [0.5, 0.6) is 0 Å². The molecule has 2 heteroatoms. The van der Waals surface area contributed by atoms with Crippen LogP contribution in [0, 0.1) is 5.92 Å².